The van der Waals surface area contributed by atoms with Gasteiger partial charge in [0.15, 0.2) is 0 Å². The maximum Gasteiger partial charge on any atom is 0.243 e. The van der Waals surface area contributed by atoms with E-state index in [1.54, 1.807) is 0 Å². The third kappa shape index (κ3) is 5.00. The van der Waals surface area contributed by atoms with Crippen molar-refractivity contribution < 1.29 is 14.3 Å². The molecule has 6 nitrogen and oxygen atoms in total. The van der Waals surface area contributed by atoms with Crippen LogP contribution in [-0.4, -0.2) is 25.0 Å². The predicted octanol–water partition coefficient (Wildman–Crippen LogP) is 3.79. The maximum atomic E-state index is 12.3. The van der Waals surface area contributed by atoms with Crippen molar-refractivity contribution >= 4 is 28.9 Å². The number of para-hydroxylation sites is 2. The van der Waals surface area contributed by atoms with E-state index in [4.69, 9.17) is 4.74 Å². The molecule has 1 aliphatic carbocycles. The minimum absolute atomic E-state index is 0.0699. The second-order valence-corrected chi connectivity index (χ2v) is 6.57. The van der Waals surface area contributed by atoms with Crippen LogP contribution >= 0.6 is 0 Å². The van der Waals surface area contributed by atoms with E-state index in [0.29, 0.717) is 18.0 Å². The molecule has 0 unspecified atom stereocenters. The molecule has 1 saturated carbocycles. The summed E-state index contributed by atoms with van der Waals surface area (Å²) in [5.41, 5.74) is 3.15. The van der Waals surface area contributed by atoms with Crippen LogP contribution in [0.2, 0.25) is 0 Å². The normalized spacial score (nSPS) is 13.0. The first-order valence-electron chi connectivity index (χ1n) is 9.24. The molecule has 6 heteroatoms. The van der Waals surface area contributed by atoms with Crippen molar-refractivity contribution in [3.63, 3.8) is 0 Å². The van der Waals surface area contributed by atoms with Crippen molar-refractivity contribution in [1.29, 1.82) is 0 Å². The fourth-order valence-electron chi connectivity index (χ4n) is 2.76. The number of hydrogen-bond acceptors (Lipinski definition) is 4. The fraction of sp³-hybridized carbons (Fsp3) is 0.333. The van der Waals surface area contributed by atoms with Gasteiger partial charge in [-0.1, -0.05) is 18.2 Å². The van der Waals surface area contributed by atoms with Crippen molar-refractivity contribution in [3.8, 4) is 5.75 Å². The Morgan fingerprint density at radius 1 is 1.00 bits per heavy atom. The van der Waals surface area contributed by atoms with Gasteiger partial charge in [0.1, 0.15) is 5.75 Å². The summed E-state index contributed by atoms with van der Waals surface area (Å²) >= 11 is 0. The lowest BCUT2D eigenvalue weighted by Crippen LogP contribution is -2.22. The minimum Gasteiger partial charge on any atom is -0.492 e. The van der Waals surface area contributed by atoms with Gasteiger partial charge in [-0.15, -0.1) is 0 Å². The molecule has 0 aliphatic heterocycles. The highest BCUT2D eigenvalue weighted by atomic mass is 16.5. The molecule has 0 aromatic heterocycles. The highest BCUT2D eigenvalue weighted by Gasteiger charge is 2.29. The molecule has 2 amide bonds. The number of ether oxygens (including phenoxy) is 1. The number of anilines is 3. The highest BCUT2D eigenvalue weighted by Crippen LogP contribution is 2.31. The molecule has 0 spiro atoms. The molecule has 1 fully saturated rings. The van der Waals surface area contributed by atoms with E-state index in [2.05, 4.69) is 16.0 Å². The maximum absolute atomic E-state index is 12.3. The van der Waals surface area contributed by atoms with Gasteiger partial charge in [-0.2, -0.15) is 0 Å². The molecule has 0 radical (unpaired) electrons. The Morgan fingerprint density at radius 2 is 1.70 bits per heavy atom. The van der Waals surface area contributed by atoms with Gasteiger partial charge in [0.05, 0.1) is 18.8 Å². The monoisotopic (exact) mass is 367 g/mol. The number of benzene rings is 2. The quantitative estimate of drug-likeness (QED) is 0.663. The fourth-order valence-corrected chi connectivity index (χ4v) is 2.76. The Morgan fingerprint density at radius 3 is 2.44 bits per heavy atom. The van der Waals surface area contributed by atoms with Crippen LogP contribution in [-0.2, 0) is 9.59 Å². The molecular weight excluding hydrogens is 342 g/mol. The molecule has 3 N–H and O–H groups in total. The molecule has 3 rings (SSSR count). The number of carbonyl (C=O) groups is 2. The van der Waals surface area contributed by atoms with Crippen LogP contribution in [0.15, 0.2) is 42.5 Å². The first-order chi connectivity index (χ1) is 13.1. The summed E-state index contributed by atoms with van der Waals surface area (Å²) in [6.45, 7) is 4.47. The summed E-state index contributed by atoms with van der Waals surface area (Å²) in [6, 6.07) is 13.0. The van der Waals surface area contributed by atoms with Crippen LogP contribution < -0.4 is 20.7 Å². The van der Waals surface area contributed by atoms with E-state index >= 15 is 0 Å². The molecule has 142 valence electrons. The Bertz CT molecular complexity index is 831. The lowest BCUT2D eigenvalue weighted by molar-refractivity contribution is -0.117. The van der Waals surface area contributed by atoms with Gasteiger partial charge in [-0.25, -0.2) is 0 Å². The van der Waals surface area contributed by atoms with Crippen LogP contribution in [0.25, 0.3) is 0 Å². The average molecular weight is 367 g/mol. The molecule has 2 aromatic rings. The number of rotatable bonds is 8. The van der Waals surface area contributed by atoms with Crippen LogP contribution in [0.1, 0.15) is 25.3 Å². The molecule has 0 bridgehead atoms. The Hall–Kier alpha value is -3.02. The second-order valence-electron chi connectivity index (χ2n) is 6.57. The van der Waals surface area contributed by atoms with Crippen LogP contribution in [0.4, 0.5) is 17.1 Å². The van der Waals surface area contributed by atoms with E-state index in [-0.39, 0.29) is 24.3 Å². The lowest BCUT2D eigenvalue weighted by atomic mass is 10.1. The Labute approximate surface area is 159 Å². The molecule has 0 saturated heterocycles. The summed E-state index contributed by atoms with van der Waals surface area (Å²) in [5, 5.41) is 8.96. The van der Waals surface area contributed by atoms with Gasteiger partial charge in [-0.05, 0) is 56.5 Å². The number of hydrogen-bond donors (Lipinski definition) is 3. The summed E-state index contributed by atoms with van der Waals surface area (Å²) in [6.07, 6.45) is 1.93. The SMILES string of the molecule is CCOc1ccccc1NC(=O)CNc1cccc(NC(=O)C2CC2)c1C. The first kappa shape index (κ1) is 18.8. The summed E-state index contributed by atoms with van der Waals surface area (Å²) < 4.78 is 5.52. The second kappa shape index (κ2) is 8.58. The third-order valence-electron chi connectivity index (χ3n) is 4.44. The van der Waals surface area contributed by atoms with Gasteiger partial charge in [0, 0.05) is 17.3 Å². The smallest absolute Gasteiger partial charge is 0.243 e. The summed E-state index contributed by atoms with van der Waals surface area (Å²) in [4.78, 5) is 24.3. The largest absolute Gasteiger partial charge is 0.492 e. The van der Waals surface area contributed by atoms with Crippen molar-refractivity contribution in [2.24, 2.45) is 5.92 Å². The van der Waals surface area contributed by atoms with E-state index < -0.39 is 0 Å². The van der Waals surface area contributed by atoms with Crippen molar-refractivity contribution in [3.05, 3.63) is 48.0 Å². The van der Waals surface area contributed by atoms with Gasteiger partial charge >= 0.3 is 0 Å². The average Bonchev–Trinajstić information content (AvgIpc) is 3.49. The summed E-state index contributed by atoms with van der Waals surface area (Å²) in [5.74, 6) is 0.695. The van der Waals surface area contributed by atoms with E-state index in [0.717, 1.165) is 29.8 Å². The standard InChI is InChI=1S/C21H25N3O3/c1-3-27-19-10-5-4-7-18(19)23-20(25)13-22-16-8-6-9-17(14(16)2)24-21(26)15-11-12-15/h4-10,15,22H,3,11-13H2,1-2H3,(H,23,25)(H,24,26). The van der Waals surface area contributed by atoms with Crippen LogP contribution in [0.3, 0.4) is 0 Å². The van der Waals surface area contributed by atoms with Crippen LogP contribution in [0, 0.1) is 12.8 Å². The predicted molar refractivity (Wildman–Crippen MR) is 107 cm³/mol. The third-order valence-corrected chi connectivity index (χ3v) is 4.44. The first-order valence-corrected chi connectivity index (χ1v) is 9.24. The minimum atomic E-state index is -0.172. The molecule has 27 heavy (non-hydrogen) atoms. The Balaban J connectivity index is 1.59. The number of amides is 2. The van der Waals surface area contributed by atoms with Gasteiger partial charge in [0.2, 0.25) is 11.8 Å². The molecule has 2 aromatic carbocycles. The zero-order chi connectivity index (χ0) is 19.2. The summed E-state index contributed by atoms with van der Waals surface area (Å²) in [7, 11) is 0. The Kier molecular flexibility index (Phi) is 5.96. The van der Waals surface area contributed by atoms with Crippen molar-refractivity contribution in [2.45, 2.75) is 26.7 Å². The zero-order valence-electron chi connectivity index (χ0n) is 15.7. The van der Waals surface area contributed by atoms with Crippen molar-refractivity contribution in [2.75, 3.05) is 29.1 Å². The number of nitrogens with one attached hydrogen (secondary N) is 3. The van der Waals surface area contributed by atoms with Gasteiger partial charge in [0.25, 0.3) is 0 Å². The van der Waals surface area contributed by atoms with E-state index in [9.17, 15) is 9.59 Å². The van der Waals surface area contributed by atoms with Gasteiger partial charge in [-0.3, -0.25) is 9.59 Å². The van der Waals surface area contributed by atoms with E-state index in [1.165, 1.54) is 0 Å². The molecule has 0 heterocycles. The van der Waals surface area contributed by atoms with Gasteiger partial charge < -0.3 is 20.7 Å². The van der Waals surface area contributed by atoms with E-state index in [1.807, 2.05) is 56.3 Å². The topological polar surface area (TPSA) is 79.5 Å². The number of carbonyl (C=O) groups excluding carboxylic acids is 2. The molecule has 1 aliphatic rings. The highest BCUT2D eigenvalue weighted by molar-refractivity contribution is 5.97. The molecule has 0 atom stereocenters. The molecular formula is C21H25N3O3. The van der Waals surface area contributed by atoms with Crippen molar-refractivity contribution in [1.82, 2.24) is 0 Å². The zero-order valence-corrected chi connectivity index (χ0v) is 15.7. The lowest BCUT2D eigenvalue weighted by Gasteiger charge is -2.15. The van der Waals surface area contributed by atoms with Crippen LogP contribution in [0.5, 0.6) is 5.75 Å².